The van der Waals surface area contributed by atoms with Crippen molar-refractivity contribution in [3.8, 4) is 44.5 Å². The van der Waals surface area contributed by atoms with Crippen LogP contribution >= 0.6 is 0 Å². The van der Waals surface area contributed by atoms with Crippen molar-refractivity contribution in [3.63, 3.8) is 0 Å². The van der Waals surface area contributed by atoms with Gasteiger partial charge in [-0.25, -0.2) is 0 Å². The van der Waals surface area contributed by atoms with Crippen molar-refractivity contribution in [2.75, 3.05) is 26.4 Å². The molecule has 0 radical (unpaired) electrons. The van der Waals surface area contributed by atoms with Gasteiger partial charge in [0.15, 0.2) is 0 Å². The molecule has 0 amide bonds. The van der Waals surface area contributed by atoms with Gasteiger partial charge in [-0.05, 0) is 66.8 Å². The van der Waals surface area contributed by atoms with Gasteiger partial charge < -0.3 is 23.7 Å². The Labute approximate surface area is 311 Å². The highest BCUT2D eigenvalue weighted by molar-refractivity contribution is 5.82. The van der Waals surface area contributed by atoms with E-state index in [2.05, 4.69) is 146 Å². The fraction of sp³-hybridized carbons (Fsp3) is 0.250. The topological polar surface area (TPSA) is 59.4 Å². The highest BCUT2D eigenvalue weighted by atomic mass is 16.6. The molecule has 6 unspecified atom stereocenters. The summed E-state index contributed by atoms with van der Waals surface area (Å²) in [7, 11) is 0. The van der Waals surface area contributed by atoms with E-state index in [-0.39, 0.29) is 36.6 Å². The van der Waals surface area contributed by atoms with Gasteiger partial charge in [0.2, 0.25) is 0 Å². The van der Waals surface area contributed by atoms with E-state index in [0.717, 1.165) is 59.4 Å². The quantitative estimate of drug-likeness (QED) is 0.106. The molecule has 6 aromatic carbocycles. The third-order valence-corrected chi connectivity index (χ3v) is 10.8. The van der Waals surface area contributed by atoms with Crippen molar-refractivity contribution in [3.05, 3.63) is 168 Å². The van der Waals surface area contributed by atoms with Crippen molar-refractivity contribution in [1.82, 2.24) is 0 Å². The summed E-state index contributed by atoms with van der Waals surface area (Å²) in [6, 6.07) is 52.4. The molecular weight excluding hydrogens is 657 g/mol. The van der Waals surface area contributed by atoms with E-state index in [1.807, 2.05) is 0 Å². The van der Waals surface area contributed by atoms with Crippen molar-refractivity contribution >= 4 is 0 Å². The maximum Gasteiger partial charge on any atom is 0.113 e. The van der Waals surface area contributed by atoms with Crippen LogP contribution in [0.5, 0.6) is 0 Å². The third-order valence-electron chi connectivity index (χ3n) is 10.8. The van der Waals surface area contributed by atoms with E-state index >= 15 is 0 Å². The van der Waals surface area contributed by atoms with Crippen LogP contribution in [0.15, 0.2) is 146 Å². The summed E-state index contributed by atoms with van der Waals surface area (Å²) in [6.07, 6.45) is 1.40. The monoisotopic (exact) mass is 698 g/mol. The lowest BCUT2D eigenvalue weighted by Crippen LogP contribution is -2.22. The van der Waals surface area contributed by atoms with E-state index in [1.54, 1.807) is 0 Å². The first-order valence-corrected chi connectivity index (χ1v) is 18.9. The van der Waals surface area contributed by atoms with Crippen LogP contribution in [0, 0.1) is 0 Å². The Bertz CT molecular complexity index is 1910. The van der Waals surface area contributed by atoms with Crippen molar-refractivity contribution in [1.29, 1.82) is 0 Å². The van der Waals surface area contributed by atoms with Crippen LogP contribution in [0.1, 0.15) is 34.5 Å². The summed E-state index contributed by atoms with van der Waals surface area (Å²) < 4.78 is 31.6. The fourth-order valence-electron chi connectivity index (χ4n) is 7.90. The van der Waals surface area contributed by atoms with Gasteiger partial charge in [0.25, 0.3) is 0 Å². The molecule has 4 aliphatic heterocycles. The molecule has 4 fully saturated rings. The van der Waals surface area contributed by atoms with Crippen LogP contribution in [0.2, 0.25) is 0 Å². The molecular formula is C48H42O5. The Morgan fingerprint density at radius 2 is 0.698 bits per heavy atom. The molecule has 53 heavy (non-hydrogen) atoms. The zero-order chi connectivity index (χ0) is 35.1. The van der Waals surface area contributed by atoms with Crippen molar-refractivity contribution in [2.45, 2.75) is 49.5 Å². The van der Waals surface area contributed by atoms with E-state index in [4.69, 9.17) is 23.7 Å². The summed E-state index contributed by atoms with van der Waals surface area (Å²) >= 11 is 0. The Morgan fingerprint density at radius 3 is 0.943 bits per heavy atom. The molecule has 10 rings (SSSR count). The first kappa shape index (κ1) is 32.7. The first-order valence-electron chi connectivity index (χ1n) is 18.9. The first-order chi connectivity index (χ1) is 26.2. The van der Waals surface area contributed by atoms with Gasteiger partial charge in [-0.1, -0.05) is 146 Å². The van der Waals surface area contributed by atoms with Gasteiger partial charge in [0, 0.05) is 12.8 Å². The molecule has 4 aliphatic rings. The Morgan fingerprint density at radius 1 is 0.415 bits per heavy atom. The molecule has 5 heteroatoms. The molecule has 6 atom stereocenters. The number of epoxide rings is 4. The summed E-state index contributed by atoms with van der Waals surface area (Å²) in [4.78, 5) is 0. The highest BCUT2D eigenvalue weighted by Crippen LogP contribution is 2.50. The van der Waals surface area contributed by atoms with E-state index < -0.39 is 0 Å². The molecule has 0 bridgehead atoms. The van der Waals surface area contributed by atoms with Gasteiger partial charge in [-0.15, -0.1) is 0 Å². The summed E-state index contributed by atoms with van der Waals surface area (Å²) in [5.41, 5.74) is 14.2. The van der Waals surface area contributed by atoms with Crippen LogP contribution in [-0.4, -0.2) is 50.8 Å². The molecule has 0 aliphatic carbocycles. The maximum atomic E-state index is 7.69. The zero-order valence-corrected chi connectivity index (χ0v) is 29.6. The molecule has 6 aromatic rings. The van der Waals surface area contributed by atoms with Gasteiger partial charge in [0.1, 0.15) is 24.4 Å². The Hall–Kier alpha value is -4.88. The lowest BCUT2D eigenvalue weighted by atomic mass is 9.83. The fourth-order valence-corrected chi connectivity index (χ4v) is 7.90. The second kappa shape index (κ2) is 14.2. The van der Waals surface area contributed by atoms with Gasteiger partial charge in [0.05, 0.1) is 38.6 Å². The Kier molecular flexibility index (Phi) is 8.75. The number of hydrogen-bond acceptors (Lipinski definition) is 5. The zero-order valence-electron chi connectivity index (χ0n) is 29.6. The highest BCUT2D eigenvalue weighted by Gasteiger charge is 2.45. The van der Waals surface area contributed by atoms with Crippen LogP contribution in [0.4, 0.5) is 0 Å². The summed E-state index contributed by atoms with van der Waals surface area (Å²) in [5.74, 6) is 0. The van der Waals surface area contributed by atoms with E-state index in [0.29, 0.717) is 13.2 Å². The molecule has 0 saturated carbocycles. The van der Waals surface area contributed by atoms with Gasteiger partial charge >= 0.3 is 0 Å². The number of hydrogen-bond donors (Lipinski definition) is 0. The number of ether oxygens (including phenoxy) is 5. The molecule has 5 nitrogen and oxygen atoms in total. The standard InChI is InChI=1S/C48H42O5/c1-5-13-33(14-6-1)39-23-31(21-37-27-49-37)24-40(34-15-7-2-8-16-34)45(39)47(43-29-51-43)53-48(44-30-52-44)46-41(35-17-9-3-10-18-35)25-32(22-38-28-50-38)26-42(46)36-19-11-4-12-20-36/h1-20,23-26,37-38,43-44,47-48H,21-22,27-30H2. The van der Waals surface area contributed by atoms with Gasteiger partial charge in [-0.3, -0.25) is 0 Å². The molecule has 0 N–H and O–H groups in total. The van der Waals surface area contributed by atoms with E-state index in [9.17, 15) is 0 Å². The predicted octanol–water partition coefficient (Wildman–Crippen LogP) is 9.83. The van der Waals surface area contributed by atoms with Crippen LogP contribution in [0.25, 0.3) is 44.5 Å². The summed E-state index contributed by atoms with van der Waals surface area (Å²) in [6.45, 7) is 2.91. The second-order valence-electron chi connectivity index (χ2n) is 14.7. The SMILES string of the molecule is c1ccc(-c2cc(CC3CO3)cc(-c3ccccc3)c2C(OC(c2c(-c3ccccc3)cc(CC3CO3)cc2-c2ccccc2)C2CO2)C2CO2)cc1. The lowest BCUT2D eigenvalue weighted by molar-refractivity contribution is -0.0408. The molecule has 4 heterocycles. The third kappa shape index (κ3) is 7.24. The van der Waals surface area contributed by atoms with Crippen LogP contribution in [0.3, 0.4) is 0 Å². The van der Waals surface area contributed by atoms with Crippen molar-refractivity contribution in [2.24, 2.45) is 0 Å². The average Bonchev–Trinajstić information content (AvgIpc) is 4.01. The van der Waals surface area contributed by atoms with Crippen LogP contribution in [-0.2, 0) is 36.5 Å². The smallest absolute Gasteiger partial charge is 0.113 e. The van der Waals surface area contributed by atoms with Gasteiger partial charge in [-0.2, -0.15) is 0 Å². The largest absolute Gasteiger partial charge is 0.373 e. The minimum absolute atomic E-state index is 0.0922. The molecule has 0 spiro atoms. The normalized spacial score (nSPS) is 22.2. The molecule has 0 aromatic heterocycles. The summed E-state index contributed by atoms with van der Waals surface area (Å²) in [5, 5.41) is 0. The minimum Gasteiger partial charge on any atom is -0.373 e. The molecule has 264 valence electrons. The predicted molar refractivity (Wildman–Crippen MR) is 208 cm³/mol. The van der Waals surface area contributed by atoms with Crippen molar-refractivity contribution < 1.29 is 23.7 Å². The average molecular weight is 699 g/mol. The number of benzene rings is 6. The molecule has 4 saturated heterocycles. The van der Waals surface area contributed by atoms with E-state index in [1.165, 1.54) is 33.4 Å². The Balaban J connectivity index is 1.17. The lowest BCUT2D eigenvalue weighted by Gasteiger charge is -2.31. The minimum atomic E-state index is -0.354. The number of rotatable bonds is 14. The maximum absolute atomic E-state index is 7.69. The second-order valence-corrected chi connectivity index (χ2v) is 14.7. The van der Waals surface area contributed by atoms with Crippen LogP contribution < -0.4 is 0 Å².